The molecule has 0 saturated carbocycles. The van der Waals surface area contributed by atoms with Crippen molar-refractivity contribution < 1.29 is 0 Å². The Bertz CT molecular complexity index is 265. The van der Waals surface area contributed by atoms with Crippen molar-refractivity contribution in [3.8, 4) is 0 Å². The van der Waals surface area contributed by atoms with E-state index in [2.05, 4.69) is 38.4 Å². The van der Waals surface area contributed by atoms with Gasteiger partial charge in [0, 0.05) is 22.5 Å². The van der Waals surface area contributed by atoms with Crippen LogP contribution in [0.15, 0.2) is 18.3 Å². The van der Waals surface area contributed by atoms with Crippen LogP contribution in [0.2, 0.25) is 5.02 Å². The summed E-state index contributed by atoms with van der Waals surface area (Å²) in [4.78, 5) is 3.95. The zero-order chi connectivity index (χ0) is 11.2. The van der Waals surface area contributed by atoms with Gasteiger partial charge in [-0.25, -0.2) is 0 Å². The zero-order valence-electron chi connectivity index (χ0n) is 8.79. The molecule has 0 aliphatic heterocycles. The summed E-state index contributed by atoms with van der Waals surface area (Å²) in [5.74, 6) is 0. The van der Waals surface area contributed by atoms with E-state index in [9.17, 15) is 0 Å². The number of thiol groups is 1. The topological polar surface area (TPSA) is 38.9 Å². The Morgan fingerprint density at radius 3 is 2.29 bits per heavy atom. The number of nitrogens with two attached hydrogens (primary N) is 1. The Hall–Kier alpha value is -0.250. The van der Waals surface area contributed by atoms with Gasteiger partial charge in [-0.05, 0) is 12.1 Å². The summed E-state index contributed by atoms with van der Waals surface area (Å²) in [6.07, 6.45) is 1.64. The highest BCUT2D eigenvalue weighted by Crippen LogP contribution is 2.07. The second kappa shape index (κ2) is 6.27. The number of rotatable bonds is 1. The van der Waals surface area contributed by atoms with Gasteiger partial charge in [-0.15, -0.1) is 0 Å². The Morgan fingerprint density at radius 2 is 2.00 bits per heavy atom. The normalized spacial score (nSPS) is 10.4. The molecule has 80 valence electrons. The molecule has 1 aromatic rings. The van der Waals surface area contributed by atoms with Crippen LogP contribution in [0.1, 0.15) is 26.5 Å². The van der Waals surface area contributed by atoms with Gasteiger partial charge in [-0.1, -0.05) is 32.4 Å². The molecule has 0 aromatic carbocycles. The molecule has 0 radical (unpaired) electrons. The summed E-state index contributed by atoms with van der Waals surface area (Å²) in [6, 6.07) is 3.47. The molecule has 2 nitrogen and oxygen atoms in total. The molecule has 0 fully saturated rings. The Kier molecular flexibility index (Phi) is 6.16. The van der Waals surface area contributed by atoms with Gasteiger partial charge in [-0.2, -0.15) is 12.6 Å². The van der Waals surface area contributed by atoms with Crippen molar-refractivity contribution in [2.24, 2.45) is 5.73 Å². The highest BCUT2D eigenvalue weighted by Gasteiger charge is 1.96. The lowest BCUT2D eigenvalue weighted by Gasteiger charge is -2.04. The third-order valence-corrected chi connectivity index (χ3v) is 1.22. The fourth-order valence-corrected chi connectivity index (χ4v) is 0.743. The summed E-state index contributed by atoms with van der Waals surface area (Å²) >= 11 is 9.75. The molecular weight excluding hydrogens is 216 g/mol. The first kappa shape index (κ1) is 13.8. The van der Waals surface area contributed by atoms with E-state index < -0.39 is 0 Å². The number of nitrogens with zero attached hydrogens (tertiary/aromatic N) is 1. The van der Waals surface area contributed by atoms with E-state index >= 15 is 0 Å². The SMILES string of the molecule is CC(C)(C)S.NCc1cc(Cl)ccn1. The van der Waals surface area contributed by atoms with Gasteiger partial charge in [0.15, 0.2) is 0 Å². The van der Waals surface area contributed by atoms with Crippen LogP contribution in [-0.2, 0) is 6.54 Å². The molecule has 1 rings (SSSR count). The van der Waals surface area contributed by atoms with Gasteiger partial charge in [0.05, 0.1) is 5.69 Å². The molecule has 0 spiro atoms. The van der Waals surface area contributed by atoms with E-state index in [1.54, 1.807) is 18.3 Å². The maximum absolute atomic E-state index is 5.63. The first-order valence-corrected chi connectivity index (χ1v) is 5.18. The smallest absolute Gasteiger partial charge is 0.0554 e. The predicted molar refractivity (Wildman–Crippen MR) is 65.9 cm³/mol. The van der Waals surface area contributed by atoms with Crippen LogP contribution >= 0.6 is 24.2 Å². The summed E-state index contributed by atoms with van der Waals surface area (Å²) in [7, 11) is 0. The molecule has 4 heteroatoms. The number of hydrogen-bond donors (Lipinski definition) is 2. The van der Waals surface area contributed by atoms with Crippen molar-refractivity contribution in [3.05, 3.63) is 29.0 Å². The quantitative estimate of drug-likeness (QED) is 0.731. The van der Waals surface area contributed by atoms with Crippen molar-refractivity contribution >= 4 is 24.2 Å². The summed E-state index contributed by atoms with van der Waals surface area (Å²) in [5, 5.41) is 0.686. The summed E-state index contributed by atoms with van der Waals surface area (Å²) in [5.41, 5.74) is 6.12. The Morgan fingerprint density at radius 1 is 1.50 bits per heavy atom. The minimum atomic E-state index is 0.194. The molecule has 1 heterocycles. The maximum Gasteiger partial charge on any atom is 0.0554 e. The van der Waals surface area contributed by atoms with Gasteiger partial charge in [0.25, 0.3) is 0 Å². The van der Waals surface area contributed by atoms with Crippen molar-refractivity contribution in [2.45, 2.75) is 32.1 Å². The minimum absolute atomic E-state index is 0.194. The lowest BCUT2D eigenvalue weighted by molar-refractivity contribution is 0.812. The lowest BCUT2D eigenvalue weighted by atomic mass is 10.3. The Balaban J connectivity index is 0.000000292. The molecule has 2 N–H and O–H groups in total. The average Bonchev–Trinajstić information content (AvgIpc) is 2.01. The zero-order valence-corrected chi connectivity index (χ0v) is 10.4. The molecule has 0 saturated heterocycles. The average molecular weight is 233 g/mol. The number of aromatic nitrogens is 1. The molecule has 0 unspecified atom stereocenters. The van der Waals surface area contributed by atoms with Crippen LogP contribution in [0.25, 0.3) is 0 Å². The van der Waals surface area contributed by atoms with E-state index in [-0.39, 0.29) is 4.75 Å². The van der Waals surface area contributed by atoms with Gasteiger partial charge >= 0.3 is 0 Å². The van der Waals surface area contributed by atoms with Crippen molar-refractivity contribution in [3.63, 3.8) is 0 Å². The van der Waals surface area contributed by atoms with Gasteiger partial charge in [-0.3, -0.25) is 4.98 Å². The standard InChI is InChI=1S/C6H7ClN2.C4H10S/c7-5-1-2-9-6(3-5)4-8;1-4(2,3)5/h1-3H,4,8H2;5H,1-3H3. The van der Waals surface area contributed by atoms with Gasteiger partial charge in [0.1, 0.15) is 0 Å². The fraction of sp³-hybridized carbons (Fsp3) is 0.500. The first-order valence-electron chi connectivity index (χ1n) is 4.36. The van der Waals surface area contributed by atoms with E-state index in [1.165, 1.54) is 0 Å². The van der Waals surface area contributed by atoms with Crippen LogP contribution < -0.4 is 5.73 Å². The minimum Gasteiger partial charge on any atom is -0.325 e. The van der Waals surface area contributed by atoms with Gasteiger partial charge < -0.3 is 5.73 Å². The monoisotopic (exact) mass is 232 g/mol. The van der Waals surface area contributed by atoms with E-state index in [0.29, 0.717) is 11.6 Å². The summed E-state index contributed by atoms with van der Waals surface area (Å²) < 4.78 is 0.194. The molecule has 0 amide bonds. The van der Waals surface area contributed by atoms with Crippen molar-refractivity contribution in [1.82, 2.24) is 4.98 Å². The van der Waals surface area contributed by atoms with Crippen LogP contribution in [0.5, 0.6) is 0 Å². The predicted octanol–water partition coefficient (Wildman–Crippen LogP) is 2.91. The van der Waals surface area contributed by atoms with Gasteiger partial charge in [0.2, 0.25) is 0 Å². The maximum atomic E-state index is 5.63. The highest BCUT2D eigenvalue weighted by molar-refractivity contribution is 7.81. The van der Waals surface area contributed by atoms with Crippen LogP contribution in [-0.4, -0.2) is 9.73 Å². The van der Waals surface area contributed by atoms with E-state index in [0.717, 1.165) is 5.69 Å². The lowest BCUT2D eigenvalue weighted by Crippen LogP contribution is -1.99. The van der Waals surface area contributed by atoms with Crippen LogP contribution in [0, 0.1) is 0 Å². The third-order valence-electron chi connectivity index (χ3n) is 0.988. The molecule has 0 bridgehead atoms. The van der Waals surface area contributed by atoms with Crippen molar-refractivity contribution in [1.29, 1.82) is 0 Å². The molecule has 0 atom stereocenters. The largest absolute Gasteiger partial charge is 0.325 e. The summed E-state index contributed by atoms with van der Waals surface area (Å²) in [6.45, 7) is 6.60. The van der Waals surface area contributed by atoms with Crippen LogP contribution in [0.3, 0.4) is 0 Å². The number of pyridine rings is 1. The van der Waals surface area contributed by atoms with E-state index in [1.807, 2.05) is 0 Å². The molecular formula is C10H17ClN2S. The van der Waals surface area contributed by atoms with Crippen molar-refractivity contribution in [2.75, 3.05) is 0 Å². The molecule has 0 aliphatic rings. The number of hydrogen-bond acceptors (Lipinski definition) is 3. The molecule has 14 heavy (non-hydrogen) atoms. The highest BCUT2D eigenvalue weighted by atomic mass is 35.5. The Labute approximate surface area is 96.3 Å². The van der Waals surface area contributed by atoms with Crippen LogP contribution in [0.4, 0.5) is 0 Å². The van der Waals surface area contributed by atoms with E-state index in [4.69, 9.17) is 17.3 Å². The second-order valence-corrected chi connectivity index (χ2v) is 5.62. The number of halogens is 1. The second-order valence-electron chi connectivity index (χ2n) is 3.84. The molecule has 0 aliphatic carbocycles. The first-order chi connectivity index (χ1) is 6.33. The fourth-order valence-electron chi connectivity index (χ4n) is 0.560. The molecule has 1 aromatic heterocycles. The third kappa shape index (κ3) is 9.84.